The van der Waals surface area contributed by atoms with Gasteiger partial charge in [-0.05, 0) is 0 Å². The summed E-state index contributed by atoms with van der Waals surface area (Å²) in [5, 5.41) is 0. The van der Waals surface area contributed by atoms with Gasteiger partial charge in [0.15, 0.2) is 0 Å². The van der Waals surface area contributed by atoms with Crippen molar-refractivity contribution in [3.63, 3.8) is 0 Å². The molecule has 0 aromatic carbocycles. The summed E-state index contributed by atoms with van der Waals surface area (Å²) >= 11 is 5.68. The van der Waals surface area contributed by atoms with E-state index in [1.165, 1.54) is 0 Å². The van der Waals surface area contributed by atoms with Gasteiger partial charge < -0.3 is 9.47 Å². The molecule has 0 N–H and O–H groups in total. The number of carbonyl (C=O) groups excluding carboxylic acids is 1. The number of halogens is 1. The number of imidazole rings is 1. The molecule has 15 heavy (non-hydrogen) atoms. The molecule has 1 aliphatic heterocycles. The fourth-order valence-corrected chi connectivity index (χ4v) is 1.87. The van der Waals surface area contributed by atoms with Crippen molar-refractivity contribution in [3.8, 4) is 0 Å². The van der Waals surface area contributed by atoms with Gasteiger partial charge in [-0.1, -0.05) is 6.92 Å². The highest BCUT2D eigenvalue weighted by Gasteiger charge is 2.24. The number of nitrogens with zero attached hydrogens (tertiary/aromatic N) is 3. The van der Waals surface area contributed by atoms with Gasteiger partial charge in [0.05, 0.1) is 6.54 Å². The maximum Gasteiger partial charge on any atom is 0.227 e. The minimum Gasteiger partial charge on any atom is -0.333 e. The Bertz CT molecular complexity index is 363. The second-order valence-corrected chi connectivity index (χ2v) is 4.16. The monoisotopic (exact) mass is 227 g/mol. The second kappa shape index (κ2) is 4.23. The molecule has 0 radical (unpaired) electrons. The average molecular weight is 228 g/mol. The molecule has 5 heteroatoms. The summed E-state index contributed by atoms with van der Waals surface area (Å²) < 4.78 is 2.08. The zero-order valence-corrected chi connectivity index (χ0v) is 9.44. The van der Waals surface area contributed by atoms with Crippen LogP contribution >= 0.6 is 11.6 Å². The van der Waals surface area contributed by atoms with Crippen LogP contribution in [0.5, 0.6) is 0 Å². The third-order valence-electron chi connectivity index (χ3n) is 2.71. The van der Waals surface area contributed by atoms with Crippen LogP contribution in [0.2, 0.25) is 0 Å². The molecule has 0 saturated carbocycles. The largest absolute Gasteiger partial charge is 0.333 e. The van der Waals surface area contributed by atoms with E-state index in [0.717, 1.165) is 18.9 Å². The van der Waals surface area contributed by atoms with Crippen molar-refractivity contribution in [1.82, 2.24) is 14.5 Å². The Kier molecular flexibility index (Phi) is 2.95. The number of hydrogen-bond acceptors (Lipinski definition) is 2. The maximum absolute atomic E-state index is 11.9. The molecule has 0 aliphatic carbocycles. The summed E-state index contributed by atoms with van der Waals surface area (Å²) in [6.45, 7) is 4.04. The minimum absolute atomic E-state index is 0.104. The highest BCUT2D eigenvalue weighted by atomic mass is 35.5. The maximum atomic E-state index is 11.9. The smallest absolute Gasteiger partial charge is 0.227 e. The number of carbonyl (C=O) groups is 1. The second-order valence-electron chi connectivity index (χ2n) is 3.85. The van der Waals surface area contributed by atoms with Crippen LogP contribution in [0.1, 0.15) is 12.7 Å². The quantitative estimate of drug-likeness (QED) is 0.710. The van der Waals surface area contributed by atoms with E-state index in [9.17, 15) is 4.79 Å². The number of aromatic nitrogens is 2. The van der Waals surface area contributed by atoms with E-state index < -0.39 is 0 Å². The molecule has 0 fully saturated rings. The van der Waals surface area contributed by atoms with Crippen molar-refractivity contribution in [2.75, 3.05) is 12.4 Å². The lowest BCUT2D eigenvalue weighted by Gasteiger charge is -2.29. The molecule has 82 valence electrons. The van der Waals surface area contributed by atoms with Gasteiger partial charge in [0, 0.05) is 37.3 Å². The summed E-state index contributed by atoms with van der Waals surface area (Å²) in [5.41, 5.74) is 0. The van der Waals surface area contributed by atoms with Crippen molar-refractivity contribution in [3.05, 3.63) is 18.2 Å². The first-order valence-electron chi connectivity index (χ1n) is 5.07. The van der Waals surface area contributed by atoms with Crippen molar-refractivity contribution in [2.45, 2.75) is 20.0 Å². The SMILES string of the molecule is CC(CCl)C(=O)N1CCn2ccnc2C1. The highest BCUT2D eigenvalue weighted by Crippen LogP contribution is 2.13. The summed E-state index contributed by atoms with van der Waals surface area (Å²) in [5.74, 6) is 1.35. The minimum atomic E-state index is -0.104. The van der Waals surface area contributed by atoms with Gasteiger partial charge in [-0.25, -0.2) is 4.98 Å². The van der Waals surface area contributed by atoms with E-state index in [0.29, 0.717) is 12.4 Å². The Balaban J connectivity index is 2.06. The van der Waals surface area contributed by atoms with Gasteiger partial charge in [-0.2, -0.15) is 0 Å². The third-order valence-corrected chi connectivity index (χ3v) is 3.17. The first-order valence-corrected chi connectivity index (χ1v) is 5.60. The zero-order valence-electron chi connectivity index (χ0n) is 8.69. The Morgan fingerprint density at radius 1 is 1.67 bits per heavy atom. The molecule has 1 aliphatic rings. The van der Waals surface area contributed by atoms with Gasteiger partial charge in [0.1, 0.15) is 5.82 Å². The van der Waals surface area contributed by atoms with Gasteiger partial charge in [0.2, 0.25) is 5.91 Å². The van der Waals surface area contributed by atoms with Crippen molar-refractivity contribution < 1.29 is 4.79 Å². The molecule has 1 atom stereocenters. The Labute approximate surface area is 93.8 Å². The van der Waals surface area contributed by atoms with E-state index in [1.807, 2.05) is 18.0 Å². The number of rotatable bonds is 2. The number of amides is 1. The highest BCUT2D eigenvalue weighted by molar-refractivity contribution is 6.19. The van der Waals surface area contributed by atoms with Crippen LogP contribution in [-0.4, -0.2) is 32.8 Å². The summed E-state index contributed by atoms with van der Waals surface area (Å²) in [6, 6.07) is 0. The van der Waals surface area contributed by atoms with Gasteiger partial charge >= 0.3 is 0 Å². The summed E-state index contributed by atoms with van der Waals surface area (Å²) in [6.07, 6.45) is 3.72. The van der Waals surface area contributed by atoms with Gasteiger partial charge in [-0.3, -0.25) is 4.79 Å². The lowest BCUT2D eigenvalue weighted by atomic mass is 10.1. The van der Waals surface area contributed by atoms with Crippen LogP contribution in [0.25, 0.3) is 0 Å². The van der Waals surface area contributed by atoms with Crippen LogP contribution in [0.15, 0.2) is 12.4 Å². The van der Waals surface area contributed by atoms with Crippen LogP contribution in [0, 0.1) is 5.92 Å². The number of alkyl halides is 1. The fourth-order valence-electron chi connectivity index (χ4n) is 1.74. The molecule has 2 rings (SSSR count). The van der Waals surface area contributed by atoms with Crippen molar-refractivity contribution >= 4 is 17.5 Å². The van der Waals surface area contributed by atoms with Crippen LogP contribution in [-0.2, 0) is 17.9 Å². The third kappa shape index (κ3) is 2.00. The van der Waals surface area contributed by atoms with E-state index in [4.69, 9.17) is 11.6 Å². The Morgan fingerprint density at radius 3 is 3.20 bits per heavy atom. The lowest BCUT2D eigenvalue weighted by Crippen LogP contribution is -2.41. The molecule has 0 spiro atoms. The van der Waals surface area contributed by atoms with Crippen molar-refractivity contribution in [2.24, 2.45) is 5.92 Å². The molecule has 0 bridgehead atoms. The van der Waals surface area contributed by atoms with Crippen molar-refractivity contribution in [1.29, 1.82) is 0 Å². The Morgan fingerprint density at radius 2 is 2.47 bits per heavy atom. The van der Waals surface area contributed by atoms with E-state index in [1.54, 1.807) is 6.20 Å². The Hall–Kier alpha value is -1.03. The fraction of sp³-hybridized carbons (Fsp3) is 0.600. The first-order chi connectivity index (χ1) is 7.22. The van der Waals surface area contributed by atoms with Crippen LogP contribution < -0.4 is 0 Å². The molecule has 1 aromatic heterocycles. The number of hydrogen-bond donors (Lipinski definition) is 0. The molecule has 1 aromatic rings. The lowest BCUT2D eigenvalue weighted by molar-refractivity contribution is -0.135. The predicted octanol–water partition coefficient (Wildman–Crippen LogP) is 1.10. The first kappa shape index (κ1) is 10.5. The molecule has 0 saturated heterocycles. The van der Waals surface area contributed by atoms with Gasteiger partial charge in [-0.15, -0.1) is 11.6 Å². The summed E-state index contributed by atoms with van der Waals surface area (Å²) in [7, 11) is 0. The van der Waals surface area contributed by atoms with E-state index in [-0.39, 0.29) is 11.8 Å². The topological polar surface area (TPSA) is 38.1 Å². The zero-order chi connectivity index (χ0) is 10.8. The van der Waals surface area contributed by atoms with Crippen LogP contribution in [0.3, 0.4) is 0 Å². The normalized spacial score (nSPS) is 17.3. The van der Waals surface area contributed by atoms with E-state index >= 15 is 0 Å². The van der Waals surface area contributed by atoms with Gasteiger partial charge in [0.25, 0.3) is 0 Å². The molecule has 1 unspecified atom stereocenters. The molecule has 1 amide bonds. The standard InChI is InChI=1S/C10H14ClN3O/c1-8(6-11)10(15)14-5-4-13-3-2-12-9(13)7-14/h2-3,8H,4-7H2,1H3. The van der Waals surface area contributed by atoms with E-state index in [2.05, 4.69) is 9.55 Å². The molecule has 4 nitrogen and oxygen atoms in total. The van der Waals surface area contributed by atoms with Crippen LogP contribution in [0.4, 0.5) is 0 Å². The molecular weight excluding hydrogens is 214 g/mol. The predicted molar refractivity (Wildman–Crippen MR) is 57.5 cm³/mol. The summed E-state index contributed by atoms with van der Waals surface area (Å²) in [4.78, 5) is 17.9. The molecule has 2 heterocycles. The molecular formula is C10H14ClN3O. The average Bonchev–Trinajstić information content (AvgIpc) is 2.73. The number of fused-ring (bicyclic) bond motifs is 1.